The first-order valence-electron chi connectivity index (χ1n) is 4.16. The number of sulfonamides is 1. The maximum absolute atomic E-state index is 11.0. The second-order valence-corrected chi connectivity index (χ2v) is 5.06. The van der Waals surface area contributed by atoms with Gasteiger partial charge in [-0.25, -0.2) is 8.42 Å². The van der Waals surface area contributed by atoms with E-state index in [1.54, 1.807) is 0 Å². The van der Waals surface area contributed by atoms with E-state index >= 15 is 0 Å². The largest absolute Gasteiger partial charge is 0.481 e. The molecule has 0 aliphatic heterocycles. The van der Waals surface area contributed by atoms with Crippen LogP contribution < -0.4 is 4.89 Å². The van der Waals surface area contributed by atoms with Gasteiger partial charge in [-0.3, -0.25) is 9.63 Å². The van der Waals surface area contributed by atoms with Gasteiger partial charge in [0.05, 0.1) is 18.8 Å². The summed E-state index contributed by atoms with van der Waals surface area (Å²) >= 11 is 0. The summed E-state index contributed by atoms with van der Waals surface area (Å²) in [7, 11) is -3.63. The van der Waals surface area contributed by atoms with Gasteiger partial charge in [-0.1, -0.05) is 18.7 Å². The first kappa shape index (κ1) is 13.3. The Morgan fingerprint density at radius 3 is 2.50 bits per heavy atom. The molecule has 0 fully saturated rings. The van der Waals surface area contributed by atoms with Gasteiger partial charge in [0.1, 0.15) is 0 Å². The fourth-order valence-electron chi connectivity index (χ4n) is 0.554. The average Bonchev–Trinajstić information content (AvgIpc) is 2.00. The summed E-state index contributed by atoms with van der Waals surface area (Å²) < 4.78 is 22.0. The van der Waals surface area contributed by atoms with E-state index < -0.39 is 28.2 Å². The standard InChI is InChI=1S/C7H15NO5S/c1-6(2)5-13-8-14(11,12)4-3-7(9)10/h6,8H,3-5H2,1-2H3,(H,9,10). The van der Waals surface area contributed by atoms with Crippen molar-refractivity contribution in [2.75, 3.05) is 12.4 Å². The van der Waals surface area contributed by atoms with Crippen LogP contribution in [0.5, 0.6) is 0 Å². The normalized spacial score (nSPS) is 11.9. The molecular formula is C7H15NO5S. The lowest BCUT2D eigenvalue weighted by Crippen LogP contribution is -2.29. The molecule has 0 aromatic carbocycles. The summed E-state index contributed by atoms with van der Waals surface area (Å²) in [6, 6.07) is 0. The van der Waals surface area contributed by atoms with E-state index in [0.717, 1.165) is 0 Å². The van der Waals surface area contributed by atoms with E-state index in [9.17, 15) is 13.2 Å². The lowest BCUT2D eigenvalue weighted by molar-refractivity contribution is -0.136. The van der Waals surface area contributed by atoms with Crippen molar-refractivity contribution < 1.29 is 23.2 Å². The summed E-state index contributed by atoms with van der Waals surface area (Å²) in [4.78, 5) is 16.6. The highest BCUT2D eigenvalue weighted by Crippen LogP contribution is 1.93. The van der Waals surface area contributed by atoms with E-state index in [1.807, 2.05) is 18.7 Å². The molecule has 0 amide bonds. The molecule has 0 spiro atoms. The molecule has 6 nitrogen and oxygen atoms in total. The average molecular weight is 225 g/mol. The Labute approximate surface area is 83.3 Å². The highest BCUT2D eigenvalue weighted by Gasteiger charge is 2.12. The zero-order valence-electron chi connectivity index (χ0n) is 8.19. The number of rotatable bonds is 7. The molecule has 84 valence electrons. The molecule has 0 aliphatic rings. The van der Waals surface area contributed by atoms with Crippen LogP contribution in [0.1, 0.15) is 20.3 Å². The van der Waals surface area contributed by atoms with Gasteiger partial charge in [0.2, 0.25) is 10.0 Å². The number of hydrogen-bond acceptors (Lipinski definition) is 4. The number of carboxylic acid groups (broad SMARTS) is 1. The summed E-state index contributed by atoms with van der Waals surface area (Å²) in [5, 5.41) is 8.26. The number of carbonyl (C=O) groups is 1. The fraction of sp³-hybridized carbons (Fsp3) is 0.857. The smallest absolute Gasteiger partial charge is 0.304 e. The summed E-state index contributed by atoms with van der Waals surface area (Å²) in [6.45, 7) is 3.99. The highest BCUT2D eigenvalue weighted by atomic mass is 32.2. The molecule has 7 heteroatoms. The minimum absolute atomic E-state index is 0.206. The van der Waals surface area contributed by atoms with Gasteiger partial charge in [-0.2, -0.15) is 0 Å². The van der Waals surface area contributed by atoms with E-state index in [2.05, 4.69) is 4.84 Å². The van der Waals surface area contributed by atoms with Gasteiger partial charge in [-0.15, -0.1) is 0 Å². The molecule has 0 rings (SSSR count). The van der Waals surface area contributed by atoms with E-state index in [4.69, 9.17) is 5.11 Å². The van der Waals surface area contributed by atoms with Crippen LogP contribution in [0.25, 0.3) is 0 Å². The van der Waals surface area contributed by atoms with E-state index in [0.29, 0.717) is 0 Å². The molecule has 0 aromatic heterocycles. The van der Waals surface area contributed by atoms with Crippen molar-refractivity contribution in [3.8, 4) is 0 Å². The molecule has 0 heterocycles. The van der Waals surface area contributed by atoms with Gasteiger partial charge in [0, 0.05) is 0 Å². The van der Waals surface area contributed by atoms with Gasteiger partial charge in [0.15, 0.2) is 0 Å². The Bertz CT molecular complexity index is 272. The van der Waals surface area contributed by atoms with Crippen molar-refractivity contribution in [2.24, 2.45) is 5.92 Å². The van der Waals surface area contributed by atoms with Crippen molar-refractivity contribution in [1.82, 2.24) is 4.89 Å². The molecule has 0 unspecified atom stereocenters. The van der Waals surface area contributed by atoms with Crippen molar-refractivity contribution in [2.45, 2.75) is 20.3 Å². The topological polar surface area (TPSA) is 92.7 Å². The predicted octanol–water partition coefficient (Wildman–Crippen LogP) is -0.0319. The van der Waals surface area contributed by atoms with Crippen LogP contribution >= 0.6 is 0 Å². The number of hydrogen-bond donors (Lipinski definition) is 2. The SMILES string of the molecule is CC(C)CONS(=O)(=O)CCC(=O)O. The van der Waals surface area contributed by atoms with Gasteiger partial charge in [-0.05, 0) is 5.92 Å². The summed E-state index contributed by atoms with van der Waals surface area (Å²) in [6.07, 6.45) is -0.430. The van der Waals surface area contributed by atoms with Crippen LogP contribution in [0, 0.1) is 5.92 Å². The number of carboxylic acids is 1. The first-order chi connectivity index (χ1) is 6.33. The second kappa shape index (κ2) is 5.94. The molecule has 0 saturated heterocycles. The first-order valence-corrected chi connectivity index (χ1v) is 5.82. The Kier molecular flexibility index (Phi) is 5.66. The lowest BCUT2D eigenvalue weighted by atomic mass is 10.2. The zero-order valence-corrected chi connectivity index (χ0v) is 9.00. The summed E-state index contributed by atoms with van der Waals surface area (Å²) in [5.41, 5.74) is 0. The van der Waals surface area contributed by atoms with Gasteiger partial charge < -0.3 is 5.11 Å². The quantitative estimate of drug-likeness (QED) is 0.593. The van der Waals surface area contributed by atoms with Crippen LogP contribution in [-0.4, -0.2) is 31.9 Å². The lowest BCUT2D eigenvalue weighted by Gasteiger charge is -2.07. The zero-order chi connectivity index (χ0) is 11.2. The third kappa shape index (κ3) is 7.96. The van der Waals surface area contributed by atoms with Crippen molar-refractivity contribution in [1.29, 1.82) is 0 Å². The molecule has 0 aliphatic carbocycles. The highest BCUT2D eigenvalue weighted by molar-refractivity contribution is 7.89. The fourth-order valence-corrected chi connectivity index (χ4v) is 1.33. The van der Waals surface area contributed by atoms with Gasteiger partial charge >= 0.3 is 5.97 Å². The molecule has 0 aromatic rings. The number of nitrogens with one attached hydrogen (secondary N) is 1. The van der Waals surface area contributed by atoms with E-state index in [1.165, 1.54) is 0 Å². The minimum atomic E-state index is -3.63. The predicted molar refractivity (Wildman–Crippen MR) is 50.0 cm³/mol. The molecule has 0 bridgehead atoms. The Balaban J connectivity index is 3.79. The maximum Gasteiger partial charge on any atom is 0.304 e. The molecule has 14 heavy (non-hydrogen) atoms. The third-order valence-electron chi connectivity index (χ3n) is 1.19. The third-order valence-corrected chi connectivity index (χ3v) is 2.30. The molecule has 0 saturated carbocycles. The summed E-state index contributed by atoms with van der Waals surface area (Å²) in [5.74, 6) is -1.42. The van der Waals surface area contributed by atoms with Crippen LogP contribution in [-0.2, 0) is 19.7 Å². The molecular weight excluding hydrogens is 210 g/mol. The van der Waals surface area contributed by atoms with E-state index in [-0.39, 0.29) is 12.5 Å². The Morgan fingerprint density at radius 2 is 2.07 bits per heavy atom. The van der Waals surface area contributed by atoms with Crippen LogP contribution in [0.2, 0.25) is 0 Å². The minimum Gasteiger partial charge on any atom is -0.481 e. The van der Waals surface area contributed by atoms with Crippen molar-refractivity contribution in [3.63, 3.8) is 0 Å². The van der Waals surface area contributed by atoms with Gasteiger partial charge in [0.25, 0.3) is 0 Å². The number of aliphatic carboxylic acids is 1. The molecule has 2 N–H and O–H groups in total. The van der Waals surface area contributed by atoms with Crippen molar-refractivity contribution >= 4 is 16.0 Å². The monoisotopic (exact) mass is 225 g/mol. The van der Waals surface area contributed by atoms with Crippen LogP contribution in [0.3, 0.4) is 0 Å². The Morgan fingerprint density at radius 1 is 1.50 bits per heavy atom. The second-order valence-electron chi connectivity index (χ2n) is 3.25. The molecule has 0 radical (unpaired) electrons. The van der Waals surface area contributed by atoms with Crippen molar-refractivity contribution in [3.05, 3.63) is 0 Å². The van der Waals surface area contributed by atoms with Crippen LogP contribution in [0.4, 0.5) is 0 Å². The Hall–Kier alpha value is -0.660. The molecule has 0 atom stereocenters. The van der Waals surface area contributed by atoms with Crippen LogP contribution in [0.15, 0.2) is 0 Å². The maximum atomic E-state index is 11.0.